The van der Waals surface area contributed by atoms with Crippen LogP contribution in [0.3, 0.4) is 0 Å². The van der Waals surface area contributed by atoms with E-state index in [-0.39, 0.29) is 5.75 Å². The Hall–Kier alpha value is -0.460. The van der Waals surface area contributed by atoms with Gasteiger partial charge in [0.05, 0.1) is 5.69 Å². The summed E-state index contributed by atoms with van der Waals surface area (Å²) < 4.78 is 22.1. The molecule has 0 aliphatic heterocycles. The molecule has 1 rings (SSSR count). The van der Waals surface area contributed by atoms with E-state index in [1.807, 2.05) is 5.38 Å². The van der Waals surface area contributed by atoms with Crippen LogP contribution in [0.1, 0.15) is 24.5 Å². The second kappa shape index (κ2) is 5.05. The van der Waals surface area contributed by atoms with Gasteiger partial charge in [0.25, 0.3) is 0 Å². The molecular weight excluding hydrogens is 232 g/mol. The third-order valence-corrected chi connectivity index (χ3v) is 3.55. The highest BCUT2D eigenvalue weighted by Gasteiger charge is 2.08. The van der Waals surface area contributed by atoms with Crippen molar-refractivity contribution in [2.45, 2.75) is 32.2 Å². The van der Waals surface area contributed by atoms with E-state index in [0.717, 1.165) is 5.69 Å². The Balaban J connectivity index is 2.57. The highest BCUT2D eigenvalue weighted by atomic mass is 32.2. The largest absolute Gasteiger partial charge is 0.309 e. The summed E-state index contributed by atoms with van der Waals surface area (Å²) in [6.45, 7) is 4.81. The average Bonchev–Trinajstić information content (AvgIpc) is 2.45. The Bertz CT molecular complexity index is 410. The fourth-order valence-electron chi connectivity index (χ4n) is 1.03. The molecule has 0 spiro atoms. The summed E-state index contributed by atoms with van der Waals surface area (Å²) in [6, 6.07) is 0.407. The second-order valence-electron chi connectivity index (χ2n) is 3.84. The fourth-order valence-corrected chi connectivity index (χ4v) is 3.03. The van der Waals surface area contributed by atoms with E-state index in [9.17, 15) is 8.42 Å². The number of aromatic nitrogens is 1. The first-order valence-corrected chi connectivity index (χ1v) is 7.65. The van der Waals surface area contributed by atoms with Crippen molar-refractivity contribution in [3.8, 4) is 0 Å². The molecule has 0 aliphatic rings. The molecule has 0 amide bonds. The van der Waals surface area contributed by atoms with E-state index in [4.69, 9.17) is 0 Å². The number of nitrogens with zero attached hydrogens (tertiary/aromatic N) is 1. The minimum atomic E-state index is -2.97. The Kier molecular flexibility index (Phi) is 4.24. The van der Waals surface area contributed by atoms with Crippen LogP contribution >= 0.6 is 11.3 Å². The van der Waals surface area contributed by atoms with Gasteiger partial charge in [-0.15, -0.1) is 11.3 Å². The van der Waals surface area contributed by atoms with Crippen LogP contribution in [0.5, 0.6) is 0 Å². The molecule has 0 atom stereocenters. The lowest BCUT2D eigenvalue weighted by atomic mass is 10.4. The molecule has 15 heavy (non-hydrogen) atoms. The molecule has 0 bridgehead atoms. The lowest BCUT2D eigenvalue weighted by Crippen LogP contribution is -2.21. The van der Waals surface area contributed by atoms with Crippen LogP contribution in [0.15, 0.2) is 5.38 Å². The van der Waals surface area contributed by atoms with Crippen LogP contribution in [0.25, 0.3) is 0 Å². The van der Waals surface area contributed by atoms with Crippen LogP contribution in [-0.4, -0.2) is 25.7 Å². The van der Waals surface area contributed by atoms with Crippen LogP contribution in [0.4, 0.5) is 0 Å². The van der Waals surface area contributed by atoms with Crippen LogP contribution in [-0.2, 0) is 22.1 Å². The maximum atomic E-state index is 11.0. The summed E-state index contributed by atoms with van der Waals surface area (Å²) in [4.78, 5) is 4.24. The molecule has 0 saturated carbocycles. The lowest BCUT2D eigenvalue weighted by molar-refractivity contribution is 0.582. The first-order chi connectivity index (χ1) is 6.87. The van der Waals surface area contributed by atoms with Gasteiger partial charge in [-0.2, -0.15) is 0 Å². The summed E-state index contributed by atoms with van der Waals surface area (Å²) in [6.07, 6.45) is 1.22. The van der Waals surface area contributed by atoms with Gasteiger partial charge in [-0.25, -0.2) is 13.4 Å². The topological polar surface area (TPSA) is 59.1 Å². The zero-order chi connectivity index (χ0) is 11.5. The minimum absolute atomic E-state index is 0.0410. The summed E-state index contributed by atoms with van der Waals surface area (Å²) in [5, 5.41) is 5.80. The predicted molar refractivity (Wildman–Crippen MR) is 62.6 cm³/mol. The minimum Gasteiger partial charge on any atom is -0.309 e. The quantitative estimate of drug-likeness (QED) is 0.850. The first-order valence-electron chi connectivity index (χ1n) is 4.71. The first kappa shape index (κ1) is 12.6. The number of rotatable bonds is 5. The van der Waals surface area contributed by atoms with Gasteiger partial charge < -0.3 is 5.32 Å². The van der Waals surface area contributed by atoms with E-state index in [0.29, 0.717) is 17.6 Å². The maximum Gasteiger partial charge on any atom is 0.153 e. The van der Waals surface area contributed by atoms with Crippen molar-refractivity contribution in [3.63, 3.8) is 0 Å². The molecule has 1 aromatic heterocycles. The van der Waals surface area contributed by atoms with E-state index in [1.54, 1.807) is 0 Å². The zero-order valence-corrected chi connectivity index (χ0v) is 10.8. The fraction of sp³-hybridized carbons (Fsp3) is 0.667. The SMILES string of the molecule is CC(C)NCc1csc(CS(C)(=O)=O)n1. The van der Waals surface area contributed by atoms with Crippen molar-refractivity contribution in [3.05, 3.63) is 16.1 Å². The van der Waals surface area contributed by atoms with Crippen molar-refractivity contribution in [1.29, 1.82) is 0 Å². The molecular formula is C9H16N2O2S2. The van der Waals surface area contributed by atoms with Crippen LogP contribution in [0.2, 0.25) is 0 Å². The van der Waals surface area contributed by atoms with Crippen LogP contribution in [0, 0.1) is 0 Å². The molecule has 0 saturated heterocycles. The summed E-state index contributed by atoms with van der Waals surface area (Å²) >= 11 is 1.40. The molecule has 1 heterocycles. The van der Waals surface area contributed by atoms with Crippen molar-refractivity contribution in [1.82, 2.24) is 10.3 Å². The van der Waals surface area contributed by atoms with Gasteiger partial charge in [-0.05, 0) is 0 Å². The number of nitrogens with one attached hydrogen (secondary N) is 1. The van der Waals surface area contributed by atoms with Gasteiger partial charge in [-0.3, -0.25) is 0 Å². The molecule has 0 fully saturated rings. The molecule has 0 unspecified atom stereocenters. The maximum absolute atomic E-state index is 11.0. The Morgan fingerprint density at radius 3 is 2.73 bits per heavy atom. The summed E-state index contributed by atoms with van der Waals surface area (Å²) in [5.74, 6) is 0.0410. The van der Waals surface area contributed by atoms with Gasteiger partial charge in [0.1, 0.15) is 10.8 Å². The summed E-state index contributed by atoms with van der Waals surface area (Å²) in [5.41, 5.74) is 0.910. The van der Waals surface area contributed by atoms with Gasteiger partial charge in [0, 0.05) is 24.2 Å². The molecule has 6 heteroatoms. The monoisotopic (exact) mass is 248 g/mol. The third-order valence-electron chi connectivity index (χ3n) is 1.68. The highest BCUT2D eigenvalue weighted by molar-refractivity contribution is 7.90. The van der Waals surface area contributed by atoms with Crippen molar-refractivity contribution < 1.29 is 8.42 Å². The number of thiazole rings is 1. The normalized spacial score (nSPS) is 12.3. The Morgan fingerprint density at radius 2 is 2.20 bits per heavy atom. The lowest BCUT2D eigenvalue weighted by Gasteiger charge is -2.04. The van der Waals surface area contributed by atoms with Gasteiger partial charge in [-0.1, -0.05) is 13.8 Å². The highest BCUT2D eigenvalue weighted by Crippen LogP contribution is 2.12. The molecule has 4 nitrogen and oxygen atoms in total. The Labute approximate surface area is 94.7 Å². The van der Waals surface area contributed by atoms with E-state index in [1.165, 1.54) is 17.6 Å². The zero-order valence-electron chi connectivity index (χ0n) is 9.15. The Morgan fingerprint density at radius 1 is 1.53 bits per heavy atom. The average molecular weight is 248 g/mol. The standard InChI is InChI=1S/C9H16N2O2S2/c1-7(2)10-4-8-5-14-9(11-8)6-15(3,12)13/h5,7,10H,4,6H2,1-3H3. The molecule has 0 aromatic carbocycles. The molecule has 0 radical (unpaired) electrons. The van der Waals surface area contributed by atoms with Crippen molar-refractivity contribution in [2.75, 3.05) is 6.26 Å². The van der Waals surface area contributed by atoms with Gasteiger partial charge in [0.15, 0.2) is 9.84 Å². The third kappa shape index (κ3) is 5.25. The number of sulfone groups is 1. The van der Waals surface area contributed by atoms with Gasteiger partial charge in [0.2, 0.25) is 0 Å². The number of hydrogen-bond acceptors (Lipinski definition) is 5. The second-order valence-corrected chi connectivity index (χ2v) is 6.92. The van der Waals surface area contributed by atoms with E-state index < -0.39 is 9.84 Å². The molecule has 0 aliphatic carbocycles. The molecule has 1 aromatic rings. The predicted octanol–water partition coefficient (Wildman–Crippen LogP) is 1.19. The van der Waals surface area contributed by atoms with Crippen LogP contribution < -0.4 is 5.32 Å². The molecule has 1 N–H and O–H groups in total. The number of hydrogen-bond donors (Lipinski definition) is 1. The molecule has 86 valence electrons. The smallest absolute Gasteiger partial charge is 0.153 e. The van der Waals surface area contributed by atoms with E-state index >= 15 is 0 Å². The van der Waals surface area contributed by atoms with E-state index in [2.05, 4.69) is 24.1 Å². The summed E-state index contributed by atoms with van der Waals surface area (Å²) in [7, 11) is -2.97. The van der Waals surface area contributed by atoms with Gasteiger partial charge >= 0.3 is 0 Å². The van der Waals surface area contributed by atoms with Crippen molar-refractivity contribution >= 4 is 21.2 Å². The van der Waals surface area contributed by atoms with Crippen molar-refractivity contribution in [2.24, 2.45) is 0 Å².